The minimum atomic E-state index is -6.12. The largest absolute Gasteiger partial charge is 0.400 e. The Hall–Kier alpha value is -0.670. The van der Waals surface area contributed by atoms with Crippen molar-refractivity contribution in [1.82, 2.24) is 0 Å². The molecule has 0 aliphatic heterocycles. The molecule has 102 valence electrons. The van der Waals surface area contributed by atoms with Gasteiger partial charge in [0.2, 0.25) is 0 Å². The average Bonchev–Trinajstić information content (AvgIpc) is 2.19. The Balaban J connectivity index is 3.41. The molecule has 0 amide bonds. The van der Waals surface area contributed by atoms with Gasteiger partial charge in [-0.1, -0.05) is 0 Å². The van der Waals surface area contributed by atoms with Crippen molar-refractivity contribution in [3.05, 3.63) is 0 Å². The predicted molar refractivity (Wildman–Crippen MR) is 35.2 cm³/mol. The zero-order valence-electron chi connectivity index (χ0n) is 7.96. The van der Waals surface area contributed by atoms with Gasteiger partial charge in [0.1, 0.15) is 6.10 Å². The van der Waals surface area contributed by atoms with Gasteiger partial charge in [0, 0.05) is 7.11 Å². The maximum Gasteiger partial charge on any atom is 0.400 e. The number of methoxy groups -OCH3 is 1. The summed E-state index contributed by atoms with van der Waals surface area (Å²) in [6, 6.07) is 0. The zero-order chi connectivity index (χ0) is 13.9. The number of halogens is 9. The first-order chi connectivity index (χ1) is 7.31. The number of ether oxygens (including phenoxy) is 1. The third-order valence-corrected chi connectivity index (χ3v) is 2.49. The van der Waals surface area contributed by atoms with Crippen molar-refractivity contribution in [2.45, 2.75) is 30.0 Å². The average molecular weight is 276 g/mol. The Morgan fingerprint density at radius 3 is 1.53 bits per heavy atom. The van der Waals surface area contributed by atoms with Crippen LogP contribution in [0.5, 0.6) is 0 Å². The molecule has 1 rings (SSSR count). The van der Waals surface area contributed by atoms with Crippen LogP contribution >= 0.6 is 0 Å². The summed E-state index contributed by atoms with van der Waals surface area (Å²) < 4.78 is 116. The zero-order valence-corrected chi connectivity index (χ0v) is 7.96. The van der Waals surface area contributed by atoms with Crippen molar-refractivity contribution in [3.8, 4) is 0 Å². The van der Waals surface area contributed by atoms with Crippen LogP contribution in [0, 0.1) is 5.92 Å². The van der Waals surface area contributed by atoms with Crippen molar-refractivity contribution in [1.29, 1.82) is 0 Å². The molecule has 1 aliphatic carbocycles. The normalized spacial score (nSPS) is 34.9. The van der Waals surface area contributed by atoms with Gasteiger partial charge in [-0.05, 0) is 0 Å². The maximum atomic E-state index is 12.8. The summed E-state index contributed by atoms with van der Waals surface area (Å²) >= 11 is 0. The molecule has 1 aliphatic rings. The third-order valence-electron chi connectivity index (χ3n) is 2.49. The molecule has 0 heterocycles. The monoisotopic (exact) mass is 276 g/mol. The second-order valence-corrected chi connectivity index (χ2v) is 3.50. The van der Waals surface area contributed by atoms with E-state index in [2.05, 4.69) is 4.74 Å². The summed E-state index contributed by atoms with van der Waals surface area (Å²) in [6.07, 6.45) is -9.57. The van der Waals surface area contributed by atoms with Gasteiger partial charge < -0.3 is 4.74 Å². The van der Waals surface area contributed by atoms with Gasteiger partial charge in [-0.15, -0.1) is 0 Å². The lowest BCUT2D eigenvalue weighted by Gasteiger charge is -2.25. The van der Waals surface area contributed by atoms with E-state index in [0.717, 1.165) is 0 Å². The summed E-state index contributed by atoms with van der Waals surface area (Å²) in [6.45, 7) is 0. The molecule has 0 spiro atoms. The number of alkyl halides is 9. The fourth-order valence-electron chi connectivity index (χ4n) is 1.66. The van der Waals surface area contributed by atoms with Gasteiger partial charge in [-0.2, -0.15) is 39.5 Å². The molecular formula is C7H5F9O. The predicted octanol–water partition coefficient (Wildman–Crippen LogP) is 3.10. The molecule has 0 bridgehead atoms. The molecule has 17 heavy (non-hydrogen) atoms. The Labute approximate surface area is 88.5 Å². The van der Waals surface area contributed by atoms with Crippen molar-refractivity contribution in [2.75, 3.05) is 7.11 Å². The van der Waals surface area contributed by atoms with Crippen LogP contribution in [0.25, 0.3) is 0 Å². The van der Waals surface area contributed by atoms with Crippen molar-refractivity contribution >= 4 is 0 Å². The molecular weight excluding hydrogens is 271 g/mol. The Morgan fingerprint density at radius 1 is 0.882 bits per heavy atom. The summed E-state index contributed by atoms with van der Waals surface area (Å²) in [5.41, 5.74) is 0. The van der Waals surface area contributed by atoms with Crippen LogP contribution in [0.4, 0.5) is 39.5 Å². The van der Waals surface area contributed by atoms with Crippen LogP contribution in [0.2, 0.25) is 0 Å². The number of rotatable bonds is 1. The maximum absolute atomic E-state index is 12.8. The van der Waals surface area contributed by atoms with E-state index in [4.69, 9.17) is 0 Å². The van der Waals surface area contributed by atoms with E-state index >= 15 is 0 Å². The molecule has 1 fully saturated rings. The van der Waals surface area contributed by atoms with E-state index in [0.29, 0.717) is 0 Å². The van der Waals surface area contributed by atoms with Crippen molar-refractivity contribution < 1.29 is 44.3 Å². The fraction of sp³-hybridized carbons (Fsp3) is 1.00. The topological polar surface area (TPSA) is 9.23 Å². The van der Waals surface area contributed by atoms with Crippen molar-refractivity contribution in [3.63, 3.8) is 0 Å². The van der Waals surface area contributed by atoms with Crippen LogP contribution in [0.3, 0.4) is 0 Å². The van der Waals surface area contributed by atoms with Crippen LogP contribution in [0.15, 0.2) is 0 Å². The van der Waals surface area contributed by atoms with Crippen molar-refractivity contribution in [2.24, 2.45) is 5.92 Å². The van der Waals surface area contributed by atoms with E-state index in [1.165, 1.54) is 0 Å². The summed E-state index contributed by atoms with van der Waals surface area (Å²) in [5.74, 6) is -21.9. The Morgan fingerprint density at radius 2 is 1.29 bits per heavy atom. The molecule has 2 atom stereocenters. The highest BCUT2D eigenvalue weighted by Crippen LogP contribution is 2.63. The SMILES string of the molecule is COC1C(C(F)(F)F)C(F)(F)C(F)(F)C1(F)F. The molecule has 0 aromatic carbocycles. The lowest BCUT2D eigenvalue weighted by atomic mass is 10.0. The summed E-state index contributed by atoms with van der Waals surface area (Å²) in [4.78, 5) is 0. The minimum Gasteiger partial charge on any atom is -0.374 e. The van der Waals surface area contributed by atoms with Gasteiger partial charge in [0.15, 0.2) is 5.92 Å². The van der Waals surface area contributed by atoms with Crippen LogP contribution in [0.1, 0.15) is 0 Å². The molecule has 0 saturated heterocycles. The van der Waals surface area contributed by atoms with Gasteiger partial charge in [-0.25, -0.2) is 0 Å². The summed E-state index contributed by atoms with van der Waals surface area (Å²) in [7, 11) is 0.231. The standard InChI is InChI=1S/C7H5F9O/c1-17-3-2(6(12,13)14)4(8,9)7(15,16)5(3,10)11/h2-3H,1H3. The second kappa shape index (κ2) is 3.42. The van der Waals surface area contributed by atoms with Crippen LogP contribution in [-0.2, 0) is 4.74 Å². The Bertz CT molecular complexity index is 307. The van der Waals surface area contributed by atoms with E-state index in [1.807, 2.05) is 0 Å². The van der Waals surface area contributed by atoms with E-state index in [9.17, 15) is 39.5 Å². The highest BCUT2D eigenvalue weighted by atomic mass is 19.4. The first-order valence-corrected chi connectivity index (χ1v) is 4.04. The molecule has 1 nitrogen and oxygen atoms in total. The second-order valence-electron chi connectivity index (χ2n) is 3.50. The van der Waals surface area contributed by atoms with Gasteiger partial charge >= 0.3 is 23.9 Å². The van der Waals surface area contributed by atoms with Gasteiger partial charge in [0.25, 0.3) is 0 Å². The molecule has 2 unspecified atom stereocenters. The number of hydrogen-bond acceptors (Lipinski definition) is 1. The fourth-order valence-corrected chi connectivity index (χ4v) is 1.66. The highest BCUT2D eigenvalue weighted by Gasteiger charge is 2.89. The van der Waals surface area contributed by atoms with Gasteiger partial charge in [0.05, 0.1) is 0 Å². The van der Waals surface area contributed by atoms with E-state index < -0.39 is 36.0 Å². The first-order valence-electron chi connectivity index (χ1n) is 4.04. The molecule has 1 saturated carbocycles. The molecule has 10 heteroatoms. The lowest BCUT2D eigenvalue weighted by molar-refractivity contribution is -0.301. The van der Waals surface area contributed by atoms with E-state index in [1.54, 1.807) is 0 Å². The highest BCUT2D eigenvalue weighted by molar-refractivity contribution is 5.16. The number of hydrogen-bond donors (Lipinski definition) is 0. The molecule has 0 N–H and O–H groups in total. The third kappa shape index (κ3) is 1.59. The molecule has 0 radical (unpaired) electrons. The summed E-state index contributed by atoms with van der Waals surface area (Å²) in [5, 5.41) is 0. The van der Waals surface area contributed by atoms with Gasteiger partial charge in [-0.3, -0.25) is 0 Å². The lowest BCUT2D eigenvalue weighted by Crippen LogP contribution is -2.50. The quantitative estimate of drug-likeness (QED) is 0.669. The van der Waals surface area contributed by atoms with Crippen LogP contribution < -0.4 is 0 Å². The van der Waals surface area contributed by atoms with E-state index in [-0.39, 0.29) is 7.11 Å². The Kier molecular flexibility index (Phi) is 2.90. The van der Waals surface area contributed by atoms with Crippen LogP contribution in [-0.4, -0.2) is 37.2 Å². The minimum absolute atomic E-state index is 0.231. The first kappa shape index (κ1) is 14.4. The smallest absolute Gasteiger partial charge is 0.374 e. The molecule has 0 aromatic heterocycles. The molecule has 0 aromatic rings.